The molecule has 0 atom stereocenters. The van der Waals surface area contributed by atoms with Gasteiger partial charge in [-0.25, -0.2) is 0 Å². The maximum absolute atomic E-state index is 5.67. The molecule has 0 unspecified atom stereocenters. The molecule has 0 bridgehead atoms. The molecule has 0 aliphatic carbocycles. The van der Waals surface area contributed by atoms with Crippen molar-refractivity contribution >= 4 is 22.9 Å². The van der Waals surface area contributed by atoms with Crippen LogP contribution in [-0.2, 0) is 0 Å². The van der Waals surface area contributed by atoms with E-state index in [0.29, 0.717) is 11.0 Å². The minimum absolute atomic E-state index is 0.471. The number of rotatable bonds is 3. The maximum Gasteiger partial charge on any atom is 0.104 e. The quantitative estimate of drug-likeness (QED) is 0.820. The first-order valence-electron chi connectivity index (χ1n) is 6.42. The van der Waals surface area contributed by atoms with Gasteiger partial charge < -0.3 is 16.0 Å². The van der Waals surface area contributed by atoms with Crippen LogP contribution in [0.1, 0.15) is 24.0 Å². The van der Waals surface area contributed by atoms with Crippen molar-refractivity contribution in [3.05, 3.63) is 29.3 Å². The number of hydrogen-bond donors (Lipinski definition) is 2. The first-order chi connectivity index (χ1) is 8.56. The lowest BCUT2D eigenvalue weighted by molar-refractivity contribution is 0.264. The summed E-state index contributed by atoms with van der Waals surface area (Å²) in [5.74, 6) is 0. The number of benzene rings is 1. The number of hydrogen-bond acceptors (Lipinski definition) is 3. The molecular weight excluding hydrogens is 242 g/mol. The molecule has 3 N–H and O–H groups in total. The van der Waals surface area contributed by atoms with Crippen LogP contribution in [0, 0.1) is 6.92 Å². The fraction of sp³-hybridized carbons (Fsp3) is 0.500. The van der Waals surface area contributed by atoms with E-state index in [9.17, 15) is 0 Å². The topological polar surface area (TPSA) is 41.3 Å². The molecule has 0 spiro atoms. The minimum Gasteiger partial charge on any atom is -0.389 e. The van der Waals surface area contributed by atoms with Crippen LogP contribution < -0.4 is 11.1 Å². The lowest BCUT2D eigenvalue weighted by Gasteiger charge is -2.30. The fourth-order valence-corrected chi connectivity index (χ4v) is 2.65. The van der Waals surface area contributed by atoms with Crippen molar-refractivity contribution in [2.45, 2.75) is 25.8 Å². The summed E-state index contributed by atoms with van der Waals surface area (Å²) in [5, 5.41) is 3.60. The molecule has 98 valence electrons. The zero-order valence-electron chi connectivity index (χ0n) is 11.1. The first-order valence-corrected chi connectivity index (χ1v) is 6.82. The lowest BCUT2D eigenvalue weighted by atomic mass is 10.0. The highest BCUT2D eigenvalue weighted by Crippen LogP contribution is 2.19. The smallest absolute Gasteiger partial charge is 0.104 e. The monoisotopic (exact) mass is 263 g/mol. The van der Waals surface area contributed by atoms with Crippen molar-refractivity contribution in [3.8, 4) is 0 Å². The molecule has 1 aromatic rings. The maximum atomic E-state index is 5.67. The summed E-state index contributed by atoms with van der Waals surface area (Å²) in [7, 11) is 2.18. The predicted molar refractivity (Wildman–Crippen MR) is 81.2 cm³/mol. The molecular formula is C14H21N3S. The Balaban J connectivity index is 2.02. The average Bonchev–Trinajstić information content (AvgIpc) is 2.32. The Hall–Kier alpha value is -1.13. The molecule has 0 aromatic heterocycles. The van der Waals surface area contributed by atoms with Crippen LogP contribution in [0.3, 0.4) is 0 Å². The molecule has 0 amide bonds. The Morgan fingerprint density at radius 1 is 1.39 bits per heavy atom. The van der Waals surface area contributed by atoms with Gasteiger partial charge in [0.05, 0.1) is 0 Å². The highest BCUT2D eigenvalue weighted by atomic mass is 32.1. The summed E-state index contributed by atoms with van der Waals surface area (Å²) in [5.41, 5.74) is 8.95. The molecule has 4 heteroatoms. The second-order valence-electron chi connectivity index (χ2n) is 5.12. The van der Waals surface area contributed by atoms with Gasteiger partial charge in [-0.15, -0.1) is 0 Å². The number of nitrogens with two attached hydrogens (primary N) is 1. The Labute approximate surface area is 114 Å². The van der Waals surface area contributed by atoms with E-state index in [1.165, 1.54) is 31.6 Å². The molecule has 1 aliphatic rings. The van der Waals surface area contributed by atoms with Gasteiger partial charge in [-0.05, 0) is 63.7 Å². The number of aryl methyl sites for hydroxylation is 1. The standard InChI is InChI=1S/C14H21N3S/c1-10-9-12(3-4-13(10)14(15)18)16-11-5-7-17(2)8-6-11/h3-4,9,11,16H,5-8H2,1-2H3,(H2,15,18). The molecule has 1 aromatic carbocycles. The minimum atomic E-state index is 0.471. The average molecular weight is 263 g/mol. The van der Waals surface area contributed by atoms with E-state index in [2.05, 4.69) is 29.4 Å². The van der Waals surface area contributed by atoms with Crippen molar-refractivity contribution in [3.63, 3.8) is 0 Å². The third kappa shape index (κ3) is 3.21. The van der Waals surface area contributed by atoms with Crippen molar-refractivity contribution in [2.24, 2.45) is 5.73 Å². The number of likely N-dealkylation sites (tertiary alicyclic amines) is 1. The van der Waals surface area contributed by atoms with E-state index in [1.807, 2.05) is 13.0 Å². The molecule has 18 heavy (non-hydrogen) atoms. The van der Waals surface area contributed by atoms with Crippen LogP contribution in [-0.4, -0.2) is 36.1 Å². The second-order valence-corrected chi connectivity index (χ2v) is 5.56. The van der Waals surface area contributed by atoms with Crippen LogP contribution in [0.15, 0.2) is 18.2 Å². The third-order valence-electron chi connectivity index (χ3n) is 3.58. The van der Waals surface area contributed by atoms with Crippen LogP contribution in [0.25, 0.3) is 0 Å². The fourth-order valence-electron chi connectivity index (χ4n) is 2.42. The van der Waals surface area contributed by atoms with Crippen LogP contribution in [0.5, 0.6) is 0 Å². The molecule has 1 heterocycles. The number of nitrogens with one attached hydrogen (secondary N) is 1. The molecule has 1 fully saturated rings. The van der Waals surface area contributed by atoms with Gasteiger partial charge >= 0.3 is 0 Å². The Kier molecular flexibility index (Phi) is 4.19. The summed E-state index contributed by atoms with van der Waals surface area (Å²) >= 11 is 5.02. The highest BCUT2D eigenvalue weighted by molar-refractivity contribution is 7.80. The molecule has 0 saturated carbocycles. The molecule has 2 rings (SSSR count). The number of anilines is 1. The van der Waals surface area contributed by atoms with Crippen LogP contribution >= 0.6 is 12.2 Å². The van der Waals surface area contributed by atoms with Gasteiger partial charge in [0.15, 0.2) is 0 Å². The third-order valence-corrected chi connectivity index (χ3v) is 3.80. The Bertz CT molecular complexity index is 437. The summed E-state index contributed by atoms with van der Waals surface area (Å²) < 4.78 is 0. The molecule has 1 saturated heterocycles. The van der Waals surface area contributed by atoms with Crippen molar-refractivity contribution in [2.75, 3.05) is 25.5 Å². The second kappa shape index (κ2) is 5.67. The zero-order chi connectivity index (χ0) is 13.1. The summed E-state index contributed by atoms with van der Waals surface area (Å²) in [6, 6.07) is 6.79. The van der Waals surface area contributed by atoms with Gasteiger partial charge in [-0.1, -0.05) is 12.2 Å². The Morgan fingerprint density at radius 3 is 2.61 bits per heavy atom. The number of piperidine rings is 1. The predicted octanol–water partition coefficient (Wildman–Crippen LogP) is 2.14. The van der Waals surface area contributed by atoms with Gasteiger partial charge in [-0.2, -0.15) is 0 Å². The first kappa shape index (κ1) is 13.3. The van der Waals surface area contributed by atoms with E-state index in [-0.39, 0.29) is 0 Å². The van der Waals surface area contributed by atoms with E-state index in [1.54, 1.807) is 0 Å². The number of nitrogens with zero attached hydrogens (tertiary/aromatic N) is 1. The van der Waals surface area contributed by atoms with Gasteiger partial charge in [-0.3, -0.25) is 0 Å². The lowest BCUT2D eigenvalue weighted by Crippen LogP contribution is -2.36. The highest BCUT2D eigenvalue weighted by Gasteiger charge is 2.16. The van der Waals surface area contributed by atoms with Gasteiger partial charge in [0.25, 0.3) is 0 Å². The molecule has 0 radical (unpaired) electrons. The van der Waals surface area contributed by atoms with Crippen LogP contribution in [0.2, 0.25) is 0 Å². The summed E-state index contributed by atoms with van der Waals surface area (Å²) in [6.45, 7) is 4.39. The largest absolute Gasteiger partial charge is 0.389 e. The SMILES string of the molecule is Cc1cc(NC2CCN(C)CC2)ccc1C(N)=S. The van der Waals surface area contributed by atoms with Crippen LogP contribution in [0.4, 0.5) is 5.69 Å². The zero-order valence-corrected chi connectivity index (χ0v) is 11.9. The Morgan fingerprint density at radius 2 is 2.06 bits per heavy atom. The molecule has 1 aliphatic heterocycles. The van der Waals surface area contributed by atoms with Gasteiger partial charge in [0.1, 0.15) is 4.99 Å². The van der Waals surface area contributed by atoms with E-state index in [0.717, 1.165) is 11.1 Å². The summed E-state index contributed by atoms with van der Waals surface area (Å²) in [4.78, 5) is 2.85. The van der Waals surface area contributed by atoms with E-state index < -0.39 is 0 Å². The van der Waals surface area contributed by atoms with Crippen molar-refractivity contribution < 1.29 is 0 Å². The van der Waals surface area contributed by atoms with Gasteiger partial charge in [0.2, 0.25) is 0 Å². The normalized spacial score (nSPS) is 17.7. The number of thiocarbonyl (C=S) groups is 1. The van der Waals surface area contributed by atoms with Crippen molar-refractivity contribution in [1.29, 1.82) is 0 Å². The summed E-state index contributed by atoms with van der Waals surface area (Å²) in [6.07, 6.45) is 2.40. The van der Waals surface area contributed by atoms with Gasteiger partial charge in [0, 0.05) is 17.3 Å². The molecule has 3 nitrogen and oxygen atoms in total. The van der Waals surface area contributed by atoms with E-state index >= 15 is 0 Å². The van der Waals surface area contributed by atoms with Crippen molar-refractivity contribution in [1.82, 2.24) is 4.90 Å². The van der Waals surface area contributed by atoms with E-state index in [4.69, 9.17) is 18.0 Å².